The first-order valence-electron chi connectivity index (χ1n) is 6.26. The molecule has 0 aliphatic heterocycles. The van der Waals surface area contributed by atoms with E-state index in [9.17, 15) is 13.2 Å². The number of nitriles is 1. The van der Waals surface area contributed by atoms with Crippen LogP contribution in [0.1, 0.15) is 30.1 Å². The Bertz CT molecular complexity index is 707. The minimum atomic E-state index is -3.65. The molecule has 0 radical (unpaired) electrons. The summed E-state index contributed by atoms with van der Waals surface area (Å²) in [5.41, 5.74) is 0.0655. The van der Waals surface area contributed by atoms with Crippen LogP contribution in [-0.4, -0.2) is 26.5 Å². The lowest BCUT2D eigenvalue weighted by atomic mass is 10.2. The van der Waals surface area contributed by atoms with Crippen molar-refractivity contribution in [3.8, 4) is 6.07 Å². The fraction of sp³-hybridized carbons (Fsp3) is 0.385. The van der Waals surface area contributed by atoms with Gasteiger partial charge in [-0.05, 0) is 53.9 Å². The van der Waals surface area contributed by atoms with Crippen LogP contribution in [0.5, 0.6) is 0 Å². The van der Waals surface area contributed by atoms with Crippen molar-refractivity contribution in [3.63, 3.8) is 0 Å². The molecule has 1 saturated carbocycles. The molecule has 1 atom stereocenters. The molecule has 1 aromatic rings. The summed E-state index contributed by atoms with van der Waals surface area (Å²) in [6.45, 7) is 1.43. The number of carbonyl (C=O) groups is 1. The summed E-state index contributed by atoms with van der Waals surface area (Å²) in [4.78, 5) is 11.9. The average Bonchev–Trinajstić information content (AvgIpc) is 3.21. The smallest absolute Gasteiger partial charge is 0.340 e. The van der Waals surface area contributed by atoms with Crippen LogP contribution < -0.4 is 4.72 Å². The van der Waals surface area contributed by atoms with Crippen LogP contribution in [0.15, 0.2) is 27.6 Å². The van der Waals surface area contributed by atoms with E-state index in [1.165, 1.54) is 25.1 Å². The zero-order chi connectivity index (χ0) is 15.6. The molecule has 0 unspecified atom stereocenters. The van der Waals surface area contributed by atoms with Gasteiger partial charge in [0.25, 0.3) is 0 Å². The SMILES string of the molecule is C[C@H](C#N)OC(=O)c1cc(S(=O)(=O)NC2CC2)ccc1Br. The molecule has 0 aromatic heterocycles. The summed E-state index contributed by atoms with van der Waals surface area (Å²) in [6.07, 6.45) is 0.739. The lowest BCUT2D eigenvalue weighted by Gasteiger charge is -2.10. The number of hydrogen-bond acceptors (Lipinski definition) is 5. The van der Waals surface area contributed by atoms with Crippen molar-refractivity contribution in [1.29, 1.82) is 5.26 Å². The van der Waals surface area contributed by atoms with Crippen LogP contribution in [0.2, 0.25) is 0 Å². The van der Waals surface area contributed by atoms with Crippen molar-refractivity contribution in [2.24, 2.45) is 0 Å². The van der Waals surface area contributed by atoms with Gasteiger partial charge >= 0.3 is 5.97 Å². The number of sulfonamides is 1. The summed E-state index contributed by atoms with van der Waals surface area (Å²) in [6, 6.07) is 5.86. The molecule has 1 aliphatic carbocycles. The first kappa shape index (κ1) is 15.9. The molecule has 0 spiro atoms. The van der Waals surface area contributed by atoms with Gasteiger partial charge in [0.15, 0.2) is 6.10 Å². The minimum Gasteiger partial charge on any atom is -0.444 e. The van der Waals surface area contributed by atoms with Gasteiger partial charge in [0.2, 0.25) is 10.0 Å². The molecule has 8 heteroatoms. The zero-order valence-corrected chi connectivity index (χ0v) is 13.6. The largest absolute Gasteiger partial charge is 0.444 e. The topological polar surface area (TPSA) is 96.3 Å². The highest BCUT2D eigenvalue weighted by molar-refractivity contribution is 9.10. The van der Waals surface area contributed by atoms with E-state index in [2.05, 4.69) is 20.7 Å². The number of halogens is 1. The molecule has 0 saturated heterocycles. The minimum absolute atomic E-state index is 0.00541. The average molecular weight is 373 g/mol. The Kier molecular flexibility index (Phi) is 4.66. The first-order valence-corrected chi connectivity index (χ1v) is 8.53. The van der Waals surface area contributed by atoms with E-state index in [0.717, 1.165) is 12.8 Å². The van der Waals surface area contributed by atoms with Crippen molar-refractivity contribution in [1.82, 2.24) is 4.72 Å². The van der Waals surface area contributed by atoms with Crippen LogP contribution in [0.4, 0.5) is 0 Å². The molecule has 0 heterocycles. The maximum atomic E-state index is 12.1. The lowest BCUT2D eigenvalue weighted by molar-refractivity contribution is 0.0434. The number of nitrogens with one attached hydrogen (secondary N) is 1. The van der Waals surface area contributed by atoms with Crippen LogP contribution in [0, 0.1) is 11.3 Å². The highest BCUT2D eigenvalue weighted by Crippen LogP contribution is 2.25. The highest BCUT2D eigenvalue weighted by Gasteiger charge is 2.29. The summed E-state index contributed by atoms with van der Waals surface area (Å²) in [7, 11) is -3.65. The number of ether oxygens (including phenoxy) is 1. The van der Waals surface area contributed by atoms with Gasteiger partial charge in [0.1, 0.15) is 6.07 Å². The summed E-state index contributed by atoms with van der Waals surface area (Å²) < 4.78 is 32.1. The number of carbonyl (C=O) groups excluding carboxylic acids is 1. The first-order chi connectivity index (χ1) is 9.83. The molecule has 112 valence electrons. The van der Waals surface area contributed by atoms with E-state index >= 15 is 0 Å². The van der Waals surface area contributed by atoms with Crippen molar-refractivity contribution in [2.45, 2.75) is 36.8 Å². The van der Waals surface area contributed by atoms with E-state index < -0.39 is 22.1 Å². The summed E-state index contributed by atoms with van der Waals surface area (Å²) in [5, 5.41) is 8.64. The third-order valence-electron chi connectivity index (χ3n) is 2.83. The molecule has 1 aromatic carbocycles. The molecule has 21 heavy (non-hydrogen) atoms. The second-order valence-corrected chi connectivity index (χ2v) is 7.28. The predicted octanol–water partition coefficient (Wildman–Crippen LogP) is 1.96. The third-order valence-corrected chi connectivity index (χ3v) is 5.04. The van der Waals surface area contributed by atoms with E-state index in [4.69, 9.17) is 10.00 Å². The Morgan fingerprint density at radius 1 is 1.52 bits per heavy atom. The highest BCUT2D eigenvalue weighted by atomic mass is 79.9. The van der Waals surface area contributed by atoms with Gasteiger partial charge in [-0.2, -0.15) is 5.26 Å². The predicted molar refractivity (Wildman–Crippen MR) is 78.0 cm³/mol. The van der Waals surface area contributed by atoms with Crippen molar-refractivity contribution < 1.29 is 17.9 Å². The second-order valence-electron chi connectivity index (χ2n) is 4.71. The number of hydrogen-bond donors (Lipinski definition) is 1. The van der Waals surface area contributed by atoms with Crippen LogP contribution >= 0.6 is 15.9 Å². The van der Waals surface area contributed by atoms with Crippen LogP contribution in [-0.2, 0) is 14.8 Å². The fourth-order valence-electron chi connectivity index (χ4n) is 1.57. The Morgan fingerprint density at radius 2 is 2.19 bits per heavy atom. The summed E-state index contributed by atoms with van der Waals surface area (Å²) >= 11 is 3.17. The Balaban J connectivity index is 2.28. The fourth-order valence-corrected chi connectivity index (χ4v) is 3.31. The van der Waals surface area contributed by atoms with Crippen molar-refractivity contribution >= 4 is 31.9 Å². The Labute approximate surface area is 131 Å². The molecule has 1 fully saturated rings. The number of rotatable bonds is 5. The Morgan fingerprint density at radius 3 is 2.76 bits per heavy atom. The quantitative estimate of drug-likeness (QED) is 0.796. The molecular formula is C13H13BrN2O4S. The molecule has 1 aliphatic rings. The van der Waals surface area contributed by atoms with E-state index in [-0.39, 0.29) is 16.5 Å². The number of benzene rings is 1. The zero-order valence-electron chi connectivity index (χ0n) is 11.2. The number of nitrogens with zero attached hydrogens (tertiary/aromatic N) is 1. The van der Waals surface area contributed by atoms with Gasteiger partial charge in [0.05, 0.1) is 10.5 Å². The van der Waals surface area contributed by atoms with Gasteiger partial charge in [-0.15, -0.1) is 0 Å². The maximum absolute atomic E-state index is 12.1. The van der Waals surface area contributed by atoms with Gasteiger partial charge in [-0.1, -0.05) is 0 Å². The van der Waals surface area contributed by atoms with Crippen molar-refractivity contribution in [3.05, 3.63) is 28.2 Å². The number of esters is 1. The molecule has 2 rings (SSSR count). The monoisotopic (exact) mass is 372 g/mol. The van der Waals surface area contributed by atoms with Gasteiger partial charge < -0.3 is 4.74 Å². The molecule has 1 N–H and O–H groups in total. The van der Waals surface area contributed by atoms with Crippen LogP contribution in [0.3, 0.4) is 0 Å². The Hall–Kier alpha value is -1.43. The second kappa shape index (κ2) is 6.13. The van der Waals surface area contributed by atoms with E-state index in [1.807, 2.05) is 0 Å². The molecular weight excluding hydrogens is 360 g/mol. The van der Waals surface area contributed by atoms with Gasteiger partial charge in [-0.25, -0.2) is 17.9 Å². The summed E-state index contributed by atoms with van der Waals surface area (Å²) in [5.74, 6) is -0.751. The van der Waals surface area contributed by atoms with Crippen molar-refractivity contribution in [2.75, 3.05) is 0 Å². The normalized spacial score (nSPS) is 16.0. The van der Waals surface area contributed by atoms with Gasteiger partial charge in [0, 0.05) is 10.5 Å². The maximum Gasteiger partial charge on any atom is 0.340 e. The lowest BCUT2D eigenvalue weighted by Crippen LogP contribution is -2.26. The van der Waals surface area contributed by atoms with E-state index in [1.54, 1.807) is 6.07 Å². The molecule has 0 amide bonds. The van der Waals surface area contributed by atoms with Gasteiger partial charge in [-0.3, -0.25) is 0 Å². The van der Waals surface area contributed by atoms with E-state index in [0.29, 0.717) is 4.47 Å². The standard InChI is InChI=1S/C13H13BrN2O4S/c1-8(7-15)20-13(17)11-6-10(4-5-12(11)14)21(18,19)16-9-2-3-9/h4-6,8-9,16H,2-3H2,1H3/t8-/m1/s1. The molecule has 0 bridgehead atoms. The van der Waals surface area contributed by atoms with Crippen LogP contribution in [0.25, 0.3) is 0 Å². The molecule has 6 nitrogen and oxygen atoms in total. The third kappa shape index (κ3) is 4.03.